The Morgan fingerprint density at radius 2 is 2.04 bits per heavy atom. The van der Waals surface area contributed by atoms with Gasteiger partial charge in [0.05, 0.1) is 12.7 Å². The highest BCUT2D eigenvalue weighted by molar-refractivity contribution is 6.48. The molecule has 0 aliphatic rings. The Morgan fingerprint density at radius 3 is 2.79 bits per heavy atom. The molecule has 24 heavy (non-hydrogen) atoms. The number of H-pyrrole nitrogens is 1. The third kappa shape index (κ3) is 2.79. The van der Waals surface area contributed by atoms with E-state index in [2.05, 4.69) is 15.3 Å². The van der Waals surface area contributed by atoms with Gasteiger partial charge in [0.15, 0.2) is 0 Å². The van der Waals surface area contributed by atoms with Crippen LogP contribution in [0.2, 0.25) is 0 Å². The first kappa shape index (κ1) is 15.5. The van der Waals surface area contributed by atoms with Crippen LogP contribution in [0, 0.1) is 6.92 Å². The average molecular weight is 324 g/mol. The maximum atomic E-state index is 12.6. The molecule has 122 valence electrons. The molecule has 0 atom stereocenters. The second-order valence-corrected chi connectivity index (χ2v) is 5.30. The van der Waals surface area contributed by atoms with E-state index in [9.17, 15) is 9.59 Å². The van der Waals surface area contributed by atoms with Crippen molar-refractivity contribution in [2.24, 2.45) is 0 Å². The lowest BCUT2D eigenvalue weighted by molar-refractivity contribution is -0.112. The zero-order valence-electron chi connectivity index (χ0n) is 13.2. The summed E-state index contributed by atoms with van der Waals surface area (Å²) in [6.45, 7) is 1.74. The number of nitrogen functional groups attached to an aromatic ring is 1. The first-order valence-corrected chi connectivity index (χ1v) is 7.23. The van der Waals surface area contributed by atoms with Gasteiger partial charge < -0.3 is 20.8 Å². The fourth-order valence-corrected chi connectivity index (χ4v) is 2.54. The molecule has 0 bridgehead atoms. The van der Waals surface area contributed by atoms with Crippen LogP contribution >= 0.6 is 0 Å². The molecule has 0 unspecified atom stereocenters. The molecule has 0 spiro atoms. The molecule has 0 aliphatic heterocycles. The van der Waals surface area contributed by atoms with Crippen LogP contribution in [-0.2, 0) is 4.79 Å². The minimum atomic E-state index is -0.741. The van der Waals surface area contributed by atoms with E-state index in [1.165, 1.54) is 19.4 Å². The maximum Gasteiger partial charge on any atom is 0.296 e. The van der Waals surface area contributed by atoms with Crippen molar-refractivity contribution in [1.29, 1.82) is 0 Å². The molecule has 3 rings (SSSR count). The van der Waals surface area contributed by atoms with Crippen LogP contribution in [0.4, 0.5) is 11.4 Å². The number of ether oxygens (including phenoxy) is 1. The molecular formula is C17H16N4O3. The quantitative estimate of drug-likeness (QED) is 0.387. The van der Waals surface area contributed by atoms with Crippen molar-refractivity contribution in [2.75, 3.05) is 18.2 Å². The number of amides is 1. The minimum absolute atomic E-state index is 0.316. The summed E-state index contributed by atoms with van der Waals surface area (Å²) in [5, 5.41) is 3.18. The zero-order chi connectivity index (χ0) is 17.3. The van der Waals surface area contributed by atoms with E-state index in [1.807, 2.05) is 0 Å². The Balaban J connectivity index is 1.92. The van der Waals surface area contributed by atoms with E-state index in [-0.39, 0.29) is 0 Å². The van der Waals surface area contributed by atoms with Gasteiger partial charge in [0.2, 0.25) is 5.88 Å². The number of benzene rings is 1. The summed E-state index contributed by atoms with van der Waals surface area (Å²) < 4.78 is 4.99. The topological polar surface area (TPSA) is 110 Å². The van der Waals surface area contributed by atoms with Crippen molar-refractivity contribution >= 4 is 34.0 Å². The largest absolute Gasteiger partial charge is 0.481 e. The summed E-state index contributed by atoms with van der Waals surface area (Å²) in [5.41, 5.74) is 8.42. The SMILES string of the molecule is COc1cc(NC(=O)C(=O)c2c(C)[nH]c3ccc(N)cc23)ccn1. The van der Waals surface area contributed by atoms with Crippen molar-refractivity contribution in [2.45, 2.75) is 6.92 Å². The summed E-state index contributed by atoms with van der Waals surface area (Å²) in [5.74, 6) is -1.04. The molecule has 7 nitrogen and oxygen atoms in total. The number of ketones is 1. The minimum Gasteiger partial charge on any atom is -0.481 e. The van der Waals surface area contributed by atoms with Crippen molar-refractivity contribution < 1.29 is 14.3 Å². The smallest absolute Gasteiger partial charge is 0.296 e. The highest BCUT2D eigenvalue weighted by Gasteiger charge is 2.23. The number of nitrogens with one attached hydrogen (secondary N) is 2. The molecule has 7 heteroatoms. The van der Waals surface area contributed by atoms with Gasteiger partial charge in [-0.2, -0.15) is 0 Å². The number of aromatic amines is 1. The van der Waals surface area contributed by atoms with E-state index >= 15 is 0 Å². The normalized spacial score (nSPS) is 10.6. The van der Waals surface area contributed by atoms with Crippen LogP contribution in [-0.4, -0.2) is 28.8 Å². The first-order chi connectivity index (χ1) is 11.5. The number of carbonyl (C=O) groups excluding carboxylic acids is 2. The molecule has 0 saturated carbocycles. The third-order valence-corrected chi connectivity index (χ3v) is 3.65. The number of hydrogen-bond acceptors (Lipinski definition) is 5. The standard InChI is InChI=1S/C17H16N4O3/c1-9-15(12-7-10(18)3-4-13(12)20-9)16(22)17(23)21-11-5-6-19-14(8-11)24-2/h3-8,20H,18H2,1-2H3,(H,19,21,23). The fraction of sp³-hybridized carbons (Fsp3) is 0.118. The number of methoxy groups -OCH3 is 1. The summed E-state index contributed by atoms with van der Waals surface area (Å²) in [7, 11) is 1.47. The molecule has 0 radical (unpaired) electrons. The van der Waals surface area contributed by atoms with Crippen LogP contribution in [0.3, 0.4) is 0 Å². The van der Waals surface area contributed by atoms with Gasteiger partial charge in [0.1, 0.15) is 0 Å². The van der Waals surface area contributed by atoms with E-state index in [4.69, 9.17) is 10.5 Å². The van der Waals surface area contributed by atoms with Gasteiger partial charge in [-0.05, 0) is 31.2 Å². The molecule has 0 aliphatic carbocycles. The summed E-state index contributed by atoms with van der Waals surface area (Å²) >= 11 is 0. The van der Waals surface area contributed by atoms with Gasteiger partial charge in [0, 0.05) is 40.2 Å². The number of pyridine rings is 1. The van der Waals surface area contributed by atoms with E-state index in [1.54, 1.807) is 31.2 Å². The maximum absolute atomic E-state index is 12.6. The number of anilines is 2. The molecule has 0 fully saturated rings. The predicted molar refractivity (Wildman–Crippen MR) is 91.2 cm³/mol. The molecule has 1 amide bonds. The molecule has 0 saturated heterocycles. The first-order valence-electron chi connectivity index (χ1n) is 7.23. The monoisotopic (exact) mass is 324 g/mol. The number of Topliss-reactive ketones (excluding diaryl/α,β-unsaturated/α-hetero) is 1. The molecule has 2 heterocycles. The van der Waals surface area contributed by atoms with E-state index in [0.717, 1.165) is 5.52 Å². The van der Waals surface area contributed by atoms with Crippen molar-refractivity contribution in [3.05, 3.63) is 47.8 Å². The molecule has 3 aromatic rings. The van der Waals surface area contributed by atoms with Gasteiger partial charge in [-0.25, -0.2) is 4.98 Å². The Morgan fingerprint density at radius 1 is 1.25 bits per heavy atom. The lowest BCUT2D eigenvalue weighted by Gasteiger charge is -2.06. The number of hydrogen-bond donors (Lipinski definition) is 3. The number of rotatable bonds is 4. The van der Waals surface area contributed by atoms with Gasteiger partial charge in [-0.1, -0.05) is 0 Å². The van der Waals surface area contributed by atoms with Gasteiger partial charge in [0.25, 0.3) is 11.7 Å². The molecular weight excluding hydrogens is 308 g/mol. The fourth-order valence-electron chi connectivity index (χ4n) is 2.54. The van der Waals surface area contributed by atoms with Gasteiger partial charge >= 0.3 is 0 Å². The van der Waals surface area contributed by atoms with Crippen LogP contribution in [0.5, 0.6) is 5.88 Å². The van der Waals surface area contributed by atoms with Gasteiger partial charge in [-0.3, -0.25) is 9.59 Å². The van der Waals surface area contributed by atoms with Crippen molar-refractivity contribution in [3.8, 4) is 5.88 Å². The Kier molecular flexibility index (Phi) is 3.91. The zero-order valence-corrected chi connectivity index (χ0v) is 13.2. The predicted octanol–water partition coefficient (Wildman–Crippen LogP) is 2.28. The Labute approximate surface area is 137 Å². The van der Waals surface area contributed by atoms with Crippen LogP contribution in [0.15, 0.2) is 36.5 Å². The lowest BCUT2D eigenvalue weighted by Crippen LogP contribution is -2.23. The van der Waals surface area contributed by atoms with Crippen LogP contribution in [0.1, 0.15) is 16.1 Å². The van der Waals surface area contributed by atoms with Gasteiger partial charge in [-0.15, -0.1) is 0 Å². The Hall–Kier alpha value is -3.35. The molecule has 1 aromatic carbocycles. The highest BCUT2D eigenvalue weighted by atomic mass is 16.5. The van der Waals surface area contributed by atoms with E-state index < -0.39 is 11.7 Å². The number of aryl methyl sites for hydroxylation is 1. The average Bonchev–Trinajstić information content (AvgIpc) is 2.89. The summed E-state index contributed by atoms with van der Waals surface area (Å²) in [6.07, 6.45) is 1.48. The number of nitrogens with zero attached hydrogens (tertiary/aromatic N) is 1. The Bertz CT molecular complexity index is 946. The van der Waals surface area contributed by atoms with Crippen molar-refractivity contribution in [3.63, 3.8) is 0 Å². The number of aromatic nitrogens is 2. The summed E-state index contributed by atoms with van der Waals surface area (Å²) in [6, 6.07) is 8.30. The van der Waals surface area contributed by atoms with Crippen LogP contribution < -0.4 is 15.8 Å². The third-order valence-electron chi connectivity index (χ3n) is 3.65. The number of carbonyl (C=O) groups is 2. The number of fused-ring (bicyclic) bond motifs is 1. The number of nitrogens with two attached hydrogens (primary N) is 1. The second kappa shape index (κ2) is 6.04. The summed E-state index contributed by atoms with van der Waals surface area (Å²) in [4.78, 5) is 31.9. The highest BCUT2D eigenvalue weighted by Crippen LogP contribution is 2.25. The second-order valence-electron chi connectivity index (χ2n) is 5.30. The van der Waals surface area contributed by atoms with Crippen molar-refractivity contribution in [1.82, 2.24) is 9.97 Å². The molecule has 4 N–H and O–H groups in total. The van der Waals surface area contributed by atoms with Crippen LogP contribution in [0.25, 0.3) is 10.9 Å². The molecule has 2 aromatic heterocycles. The van der Waals surface area contributed by atoms with E-state index in [0.29, 0.717) is 33.9 Å². The lowest BCUT2D eigenvalue weighted by atomic mass is 10.1.